The predicted octanol–water partition coefficient (Wildman–Crippen LogP) is 2.52. The van der Waals surface area contributed by atoms with E-state index in [0.29, 0.717) is 16.4 Å². The number of hydrogen-bond acceptors (Lipinski definition) is 3. The molecule has 16 heavy (non-hydrogen) atoms. The number of ether oxygens (including phenoxy) is 1. The smallest absolute Gasteiger partial charge is 0.337 e. The minimum Gasteiger partial charge on any atom is -0.465 e. The maximum Gasteiger partial charge on any atom is 0.337 e. The van der Waals surface area contributed by atoms with Gasteiger partial charge in [-0.15, -0.1) is 0 Å². The fourth-order valence-corrected chi connectivity index (χ4v) is 1.62. The molecule has 1 N–H and O–H groups in total. The van der Waals surface area contributed by atoms with Crippen molar-refractivity contribution in [1.29, 1.82) is 0 Å². The number of halogens is 1. The van der Waals surface area contributed by atoms with Crippen LogP contribution in [0.3, 0.4) is 0 Å². The lowest BCUT2D eigenvalue weighted by atomic mass is 10.1. The minimum atomic E-state index is -0.421. The average Bonchev–Trinajstić information content (AvgIpc) is 2.80. The fraction of sp³-hybridized carbons (Fsp3) is 0.0909. The van der Waals surface area contributed by atoms with Crippen molar-refractivity contribution >= 4 is 17.6 Å². The molecule has 0 bridgehead atoms. The number of aromatic nitrogens is 2. The largest absolute Gasteiger partial charge is 0.465 e. The number of nitrogens with zero attached hydrogens (tertiary/aromatic N) is 1. The second kappa shape index (κ2) is 4.37. The molecule has 1 heterocycles. The van der Waals surface area contributed by atoms with E-state index in [1.165, 1.54) is 7.11 Å². The first-order valence-corrected chi connectivity index (χ1v) is 4.97. The Morgan fingerprint density at radius 3 is 2.88 bits per heavy atom. The highest BCUT2D eigenvalue weighted by molar-refractivity contribution is 6.31. The van der Waals surface area contributed by atoms with Gasteiger partial charge in [-0.2, -0.15) is 0 Å². The zero-order chi connectivity index (χ0) is 11.5. The van der Waals surface area contributed by atoms with Gasteiger partial charge in [0.15, 0.2) is 0 Å². The molecule has 82 valence electrons. The standard InChI is InChI=1S/C11H9ClN2O2/c1-16-11(15)8-4-7(5-9(12)6-8)10-13-2-3-14-10/h2-6H,1H3,(H,13,14). The van der Waals surface area contributed by atoms with Gasteiger partial charge < -0.3 is 9.72 Å². The lowest BCUT2D eigenvalue weighted by Gasteiger charge is -2.03. The van der Waals surface area contributed by atoms with Crippen LogP contribution in [0, 0.1) is 0 Å². The lowest BCUT2D eigenvalue weighted by Crippen LogP contribution is -2.01. The van der Waals surface area contributed by atoms with Crippen molar-refractivity contribution in [1.82, 2.24) is 9.97 Å². The molecule has 0 spiro atoms. The Morgan fingerprint density at radius 2 is 2.25 bits per heavy atom. The summed E-state index contributed by atoms with van der Waals surface area (Å²) in [5.41, 5.74) is 1.15. The zero-order valence-corrected chi connectivity index (χ0v) is 9.28. The quantitative estimate of drug-likeness (QED) is 0.816. The number of rotatable bonds is 2. The van der Waals surface area contributed by atoms with Gasteiger partial charge in [0.25, 0.3) is 0 Å². The van der Waals surface area contributed by atoms with Crippen LogP contribution in [0.1, 0.15) is 10.4 Å². The van der Waals surface area contributed by atoms with Crippen LogP contribution in [0.2, 0.25) is 5.02 Å². The van der Waals surface area contributed by atoms with Gasteiger partial charge in [0, 0.05) is 23.0 Å². The van der Waals surface area contributed by atoms with Crippen LogP contribution >= 0.6 is 11.6 Å². The van der Waals surface area contributed by atoms with Crippen LogP contribution in [0.25, 0.3) is 11.4 Å². The molecule has 0 aliphatic carbocycles. The summed E-state index contributed by atoms with van der Waals surface area (Å²) in [5, 5.41) is 0.467. The van der Waals surface area contributed by atoms with Gasteiger partial charge in [0.2, 0.25) is 0 Å². The minimum absolute atomic E-state index is 0.404. The van der Waals surface area contributed by atoms with Crippen molar-refractivity contribution in [2.45, 2.75) is 0 Å². The highest BCUT2D eigenvalue weighted by atomic mass is 35.5. The van der Waals surface area contributed by atoms with E-state index in [0.717, 1.165) is 5.56 Å². The van der Waals surface area contributed by atoms with Crippen molar-refractivity contribution in [2.24, 2.45) is 0 Å². The van der Waals surface area contributed by atoms with Gasteiger partial charge in [-0.3, -0.25) is 0 Å². The second-order valence-electron chi connectivity index (χ2n) is 3.16. The Kier molecular flexibility index (Phi) is 2.92. The summed E-state index contributed by atoms with van der Waals surface area (Å²) < 4.78 is 4.64. The van der Waals surface area contributed by atoms with Gasteiger partial charge in [0.1, 0.15) is 5.82 Å². The number of nitrogens with one attached hydrogen (secondary N) is 1. The van der Waals surface area contributed by atoms with Crippen LogP contribution in [0.15, 0.2) is 30.6 Å². The summed E-state index contributed by atoms with van der Waals surface area (Å²) in [6.07, 6.45) is 3.34. The number of imidazole rings is 1. The molecule has 2 aromatic rings. The lowest BCUT2D eigenvalue weighted by molar-refractivity contribution is 0.0601. The number of methoxy groups -OCH3 is 1. The molecule has 0 radical (unpaired) electrons. The maximum absolute atomic E-state index is 11.4. The zero-order valence-electron chi connectivity index (χ0n) is 8.53. The van der Waals surface area contributed by atoms with Crippen LogP contribution in [-0.2, 0) is 4.74 Å². The van der Waals surface area contributed by atoms with Crippen molar-refractivity contribution in [3.8, 4) is 11.4 Å². The predicted molar refractivity (Wildman–Crippen MR) is 60.4 cm³/mol. The molecule has 0 amide bonds. The molecule has 0 saturated carbocycles. The van der Waals surface area contributed by atoms with E-state index in [1.54, 1.807) is 30.6 Å². The highest BCUT2D eigenvalue weighted by Crippen LogP contribution is 2.22. The molecular formula is C11H9ClN2O2. The monoisotopic (exact) mass is 236 g/mol. The topological polar surface area (TPSA) is 55.0 Å². The molecule has 1 aromatic carbocycles. The van der Waals surface area contributed by atoms with E-state index in [2.05, 4.69) is 14.7 Å². The summed E-state index contributed by atoms with van der Waals surface area (Å²) >= 11 is 5.92. The average molecular weight is 237 g/mol. The van der Waals surface area contributed by atoms with Gasteiger partial charge >= 0.3 is 5.97 Å². The Hall–Kier alpha value is -1.81. The third kappa shape index (κ3) is 2.06. The van der Waals surface area contributed by atoms with Crippen LogP contribution in [-0.4, -0.2) is 23.0 Å². The first-order chi connectivity index (χ1) is 7.70. The molecule has 0 aliphatic rings. The van der Waals surface area contributed by atoms with E-state index in [9.17, 15) is 4.79 Å². The van der Waals surface area contributed by atoms with Gasteiger partial charge in [-0.05, 0) is 18.2 Å². The first-order valence-electron chi connectivity index (χ1n) is 4.59. The summed E-state index contributed by atoms with van der Waals surface area (Å²) in [7, 11) is 1.33. The second-order valence-corrected chi connectivity index (χ2v) is 3.59. The summed E-state index contributed by atoms with van der Waals surface area (Å²) in [6, 6.07) is 4.96. The first kappa shape index (κ1) is 10.7. The van der Waals surface area contributed by atoms with E-state index in [1.807, 2.05) is 0 Å². The van der Waals surface area contributed by atoms with Crippen LogP contribution in [0.4, 0.5) is 0 Å². The molecule has 1 aromatic heterocycles. The number of hydrogen-bond donors (Lipinski definition) is 1. The number of benzene rings is 1. The number of aromatic amines is 1. The number of carbonyl (C=O) groups is 1. The number of H-pyrrole nitrogens is 1. The molecule has 0 fully saturated rings. The highest BCUT2D eigenvalue weighted by Gasteiger charge is 2.10. The van der Waals surface area contributed by atoms with Crippen LogP contribution in [0.5, 0.6) is 0 Å². The molecule has 0 unspecified atom stereocenters. The Morgan fingerprint density at radius 1 is 1.44 bits per heavy atom. The van der Waals surface area contributed by atoms with Gasteiger partial charge in [0.05, 0.1) is 12.7 Å². The summed E-state index contributed by atoms with van der Waals surface area (Å²) in [5.74, 6) is 0.239. The van der Waals surface area contributed by atoms with Gasteiger partial charge in [-0.25, -0.2) is 9.78 Å². The molecule has 5 heteroatoms. The molecule has 0 aliphatic heterocycles. The number of esters is 1. The van der Waals surface area contributed by atoms with E-state index in [-0.39, 0.29) is 0 Å². The fourth-order valence-electron chi connectivity index (χ4n) is 1.39. The molecule has 0 saturated heterocycles. The summed E-state index contributed by atoms with van der Waals surface area (Å²) in [4.78, 5) is 18.4. The third-order valence-electron chi connectivity index (χ3n) is 2.09. The molecule has 4 nitrogen and oxygen atoms in total. The Balaban J connectivity index is 2.48. The van der Waals surface area contributed by atoms with Crippen molar-refractivity contribution < 1.29 is 9.53 Å². The van der Waals surface area contributed by atoms with Crippen molar-refractivity contribution in [3.05, 3.63) is 41.2 Å². The normalized spacial score (nSPS) is 10.1. The van der Waals surface area contributed by atoms with E-state index in [4.69, 9.17) is 11.6 Å². The SMILES string of the molecule is COC(=O)c1cc(Cl)cc(-c2ncc[nH]2)c1. The summed E-state index contributed by atoms with van der Waals surface area (Å²) in [6.45, 7) is 0. The van der Waals surface area contributed by atoms with E-state index >= 15 is 0 Å². The maximum atomic E-state index is 11.4. The van der Waals surface area contributed by atoms with Crippen molar-refractivity contribution in [3.63, 3.8) is 0 Å². The van der Waals surface area contributed by atoms with Crippen LogP contribution < -0.4 is 0 Å². The molecule has 0 atom stereocenters. The van der Waals surface area contributed by atoms with Gasteiger partial charge in [-0.1, -0.05) is 11.6 Å². The van der Waals surface area contributed by atoms with Crippen molar-refractivity contribution in [2.75, 3.05) is 7.11 Å². The van der Waals surface area contributed by atoms with E-state index < -0.39 is 5.97 Å². The molecule has 2 rings (SSSR count). The molecular weight excluding hydrogens is 228 g/mol. The number of carbonyl (C=O) groups excluding carboxylic acids is 1. The Labute approximate surface area is 97.2 Å². The third-order valence-corrected chi connectivity index (χ3v) is 2.31. The Bertz CT molecular complexity index is 509.